The molecule has 6 heteroatoms. The van der Waals surface area contributed by atoms with Crippen molar-refractivity contribution in [2.45, 2.75) is 13.5 Å². The van der Waals surface area contributed by atoms with E-state index in [4.69, 9.17) is 5.26 Å². The molecule has 0 saturated heterocycles. The fraction of sp³-hybridized carbons (Fsp3) is 0.333. The first-order valence-corrected chi connectivity index (χ1v) is 5.72. The third-order valence-electron chi connectivity index (χ3n) is 2.48. The highest BCUT2D eigenvalue weighted by Gasteiger charge is 2.07. The van der Waals surface area contributed by atoms with Crippen molar-refractivity contribution >= 4 is 5.82 Å². The smallest absolute Gasteiger partial charge is 0.182 e. The van der Waals surface area contributed by atoms with Gasteiger partial charge in [0.1, 0.15) is 6.07 Å². The zero-order valence-corrected chi connectivity index (χ0v) is 10.1. The molecule has 1 atom stereocenters. The molecule has 0 radical (unpaired) electrons. The Morgan fingerprint density at radius 1 is 1.39 bits per heavy atom. The summed E-state index contributed by atoms with van der Waals surface area (Å²) in [6.45, 7) is 3.65. The van der Waals surface area contributed by atoms with E-state index in [-0.39, 0.29) is 0 Å². The summed E-state index contributed by atoms with van der Waals surface area (Å²) in [5.41, 5.74) is 0.323. The van der Waals surface area contributed by atoms with Gasteiger partial charge in [0.05, 0.1) is 0 Å². The van der Waals surface area contributed by atoms with Crippen molar-refractivity contribution in [3.63, 3.8) is 0 Å². The molecule has 0 spiro atoms. The lowest BCUT2D eigenvalue weighted by Gasteiger charge is -2.13. The van der Waals surface area contributed by atoms with Crippen LogP contribution >= 0.6 is 0 Å². The summed E-state index contributed by atoms with van der Waals surface area (Å²) in [7, 11) is 0. The van der Waals surface area contributed by atoms with E-state index < -0.39 is 0 Å². The molecule has 0 aliphatic heterocycles. The van der Waals surface area contributed by atoms with Crippen LogP contribution in [0, 0.1) is 17.2 Å². The van der Waals surface area contributed by atoms with E-state index in [1.54, 1.807) is 12.4 Å². The van der Waals surface area contributed by atoms with Gasteiger partial charge in [0.25, 0.3) is 0 Å². The molecule has 2 rings (SSSR count). The first-order valence-electron chi connectivity index (χ1n) is 5.72. The van der Waals surface area contributed by atoms with Gasteiger partial charge in [-0.1, -0.05) is 6.92 Å². The van der Waals surface area contributed by atoms with Gasteiger partial charge in [-0.25, -0.2) is 9.97 Å². The molecule has 1 N–H and O–H groups in total. The largest absolute Gasteiger partial charge is 0.367 e. The highest BCUT2D eigenvalue weighted by atomic mass is 15.3. The maximum atomic E-state index is 8.88. The summed E-state index contributed by atoms with van der Waals surface area (Å²) < 4.78 is 1.88. The molecule has 2 aromatic heterocycles. The van der Waals surface area contributed by atoms with Gasteiger partial charge in [-0.05, 0) is 12.0 Å². The van der Waals surface area contributed by atoms with Crippen LogP contribution in [0.2, 0.25) is 0 Å². The molecule has 0 bridgehead atoms. The van der Waals surface area contributed by atoms with Crippen LogP contribution in [0.4, 0.5) is 5.82 Å². The monoisotopic (exact) mass is 242 g/mol. The number of hydrogen-bond acceptors (Lipinski definition) is 5. The molecule has 2 heterocycles. The lowest BCUT2D eigenvalue weighted by Crippen LogP contribution is -2.18. The lowest BCUT2D eigenvalue weighted by atomic mass is 10.2. The number of aromatic nitrogens is 4. The SMILES string of the molecule is CC(CNc1nccnc1C#N)Cn1cccn1. The zero-order chi connectivity index (χ0) is 12.8. The van der Waals surface area contributed by atoms with Crippen LogP contribution in [-0.4, -0.2) is 26.3 Å². The average molecular weight is 242 g/mol. The van der Waals surface area contributed by atoms with Crippen LogP contribution in [0.15, 0.2) is 30.9 Å². The van der Waals surface area contributed by atoms with Crippen LogP contribution in [0.3, 0.4) is 0 Å². The fourth-order valence-corrected chi connectivity index (χ4v) is 1.61. The third kappa shape index (κ3) is 3.04. The van der Waals surface area contributed by atoms with Crippen LogP contribution < -0.4 is 5.32 Å². The van der Waals surface area contributed by atoms with Gasteiger partial charge in [-0.2, -0.15) is 10.4 Å². The average Bonchev–Trinajstić information content (AvgIpc) is 2.89. The molecule has 0 saturated carbocycles. The molecule has 0 aliphatic rings. The Kier molecular flexibility index (Phi) is 3.86. The van der Waals surface area contributed by atoms with E-state index in [0.717, 1.165) is 6.54 Å². The van der Waals surface area contributed by atoms with Crippen molar-refractivity contribution in [1.29, 1.82) is 5.26 Å². The van der Waals surface area contributed by atoms with Crippen LogP contribution in [0.25, 0.3) is 0 Å². The molecular formula is C12H14N6. The lowest BCUT2D eigenvalue weighted by molar-refractivity contribution is 0.467. The summed E-state index contributed by atoms with van der Waals surface area (Å²) in [6.07, 6.45) is 6.77. The number of hydrogen-bond donors (Lipinski definition) is 1. The van der Waals surface area contributed by atoms with E-state index in [0.29, 0.717) is 24.0 Å². The number of nitrogens with one attached hydrogen (secondary N) is 1. The summed E-state index contributed by atoms with van der Waals surface area (Å²) in [6, 6.07) is 3.91. The summed E-state index contributed by atoms with van der Waals surface area (Å²) in [5.74, 6) is 0.908. The van der Waals surface area contributed by atoms with Crippen molar-refractivity contribution in [3.8, 4) is 6.07 Å². The number of nitrogens with zero attached hydrogens (tertiary/aromatic N) is 5. The first kappa shape index (κ1) is 12.0. The standard InChI is InChI=1S/C12H14N6/c1-10(9-18-6-2-3-17-18)8-16-12-11(7-13)14-4-5-15-12/h2-6,10H,8-9H2,1H3,(H,15,16). The highest BCUT2D eigenvalue weighted by Crippen LogP contribution is 2.08. The molecule has 0 amide bonds. The maximum absolute atomic E-state index is 8.88. The Hall–Kier alpha value is -2.42. The minimum Gasteiger partial charge on any atom is -0.367 e. The van der Waals surface area contributed by atoms with Gasteiger partial charge in [-0.15, -0.1) is 0 Å². The van der Waals surface area contributed by atoms with E-state index in [1.165, 1.54) is 6.20 Å². The second-order valence-corrected chi connectivity index (χ2v) is 4.08. The van der Waals surface area contributed by atoms with Gasteiger partial charge in [0, 0.05) is 37.9 Å². The number of anilines is 1. The van der Waals surface area contributed by atoms with Gasteiger partial charge in [-0.3, -0.25) is 4.68 Å². The van der Waals surface area contributed by atoms with Crippen molar-refractivity contribution in [2.24, 2.45) is 5.92 Å². The fourth-order valence-electron chi connectivity index (χ4n) is 1.61. The van der Waals surface area contributed by atoms with E-state index >= 15 is 0 Å². The maximum Gasteiger partial charge on any atom is 0.182 e. The predicted molar refractivity (Wildman–Crippen MR) is 66.6 cm³/mol. The van der Waals surface area contributed by atoms with Crippen LogP contribution in [-0.2, 0) is 6.54 Å². The van der Waals surface area contributed by atoms with Crippen molar-refractivity contribution in [2.75, 3.05) is 11.9 Å². The minimum atomic E-state index is 0.323. The minimum absolute atomic E-state index is 0.323. The molecule has 1 unspecified atom stereocenters. The normalized spacial score (nSPS) is 11.8. The van der Waals surface area contributed by atoms with E-state index in [9.17, 15) is 0 Å². The Morgan fingerprint density at radius 3 is 2.94 bits per heavy atom. The molecular weight excluding hydrogens is 228 g/mol. The number of nitriles is 1. The van der Waals surface area contributed by atoms with Gasteiger partial charge in [0.2, 0.25) is 0 Å². The second-order valence-electron chi connectivity index (χ2n) is 4.08. The molecule has 0 fully saturated rings. The quantitative estimate of drug-likeness (QED) is 0.854. The van der Waals surface area contributed by atoms with Gasteiger partial charge in [0.15, 0.2) is 11.5 Å². The molecule has 0 aliphatic carbocycles. The van der Waals surface area contributed by atoms with Crippen LogP contribution in [0.5, 0.6) is 0 Å². The van der Waals surface area contributed by atoms with Crippen molar-refractivity contribution < 1.29 is 0 Å². The van der Waals surface area contributed by atoms with E-state index in [2.05, 4.69) is 27.3 Å². The second kappa shape index (κ2) is 5.77. The molecule has 6 nitrogen and oxygen atoms in total. The Labute approximate surface area is 105 Å². The Balaban J connectivity index is 1.89. The van der Waals surface area contributed by atoms with Crippen molar-refractivity contribution in [1.82, 2.24) is 19.7 Å². The van der Waals surface area contributed by atoms with Crippen molar-refractivity contribution in [3.05, 3.63) is 36.5 Å². The predicted octanol–water partition coefficient (Wildman–Crippen LogP) is 1.29. The number of rotatable bonds is 5. The molecule has 92 valence electrons. The van der Waals surface area contributed by atoms with E-state index in [1.807, 2.05) is 23.0 Å². The summed E-state index contributed by atoms with van der Waals surface area (Å²) >= 11 is 0. The third-order valence-corrected chi connectivity index (χ3v) is 2.48. The highest BCUT2D eigenvalue weighted by molar-refractivity contribution is 5.46. The zero-order valence-electron chi connectivity index (χ0n) is 10.1. The Bertz CT molecular complexity index is 528. The van der Waals surface area contributed by atoms with Gasteiger partial charge < -0.3 is 5.32 Å². The Morgan fingerprint density at radius 2 is 2.22 bits per heavy atom. The summed E-state index contributed by atoms with van der Waals surface area (Å²) in [4.78, 5) is 8.05. The molecule has 18 heavy (non-hydrogen) atoms. The summed E-state index contributed by atoms with van der Waals surface area (Å²) in [5, 5.41) is 16.2. The van der Waals surface area contributed by atoms with Gasteiger partial charge >= 0.3 is 0 Å². The molecule has 0 aromatic carbocycles. The van der Waals surface area contributed by atoms with Crippen LogP contribution in [0.1, 0.15) is 12.6 Å². The first-order chi connectivity index (χ1) is 8.79. The topological polar surface area (TPSA) is 79.4 Å². The molecule has 2 aromatic rings.